The van der Waals surface area contributed by atoms with Crippen LogP contribution in [0.15, 0.2) is 48.5 Å². The fraction of sp³-hybridized carbons (Fsp3) is 0. The van der Waals surface area contributed by atoms with Crippen LogP contribution in [0.2, 0.25) is 5.02 Å². The van der Waals surface area contributed by atoms with Crippen LogP contribution < -0.4 is 0 Å². The molecule has 4 rings (SSSR count). The lowest BCUT2D eigenvalue weighted by Gasteiger charge is -2.20. The molecule has 1 aliphatic carbocycles. The molecule has 3 aromatic carbocycles. The Hall–Kier alpha value is -2.72. The third-order valence-corrected chi connectivity index (χ3v) is 4.29. The van der Waals surface area contributed by atoms with Crippen LogP contribution in [0, 0.1) is 10.1 Å². The predicted molar refractivity (Wildman–Crippen MR) is 84.5 cm³/mol. The second-order valence-electron chi connectivity index (χ2n) is 5.11. The number of nitrogens with zero attached hydrogens (tertiary/aromatic N) is 1. The molecule has 0 saturated heterocycles. The molecule has 0 atom stereocenters. The fourth-order valence-corrected chi connectivity index (χ4v) is 3.32. The van der Waals surface area contributed by atoms with Crippen molar-refractivity contribution in [3.8, 4) is 11.1 Å². The molecule has 0 amide bonds. The summed E-state index contributed by atoms with van der Waals surface area (Å²) < 4.78 is 0. The number of hydrogen-bond donors (Lipinski definition) is 0. The van der Waals surface area contributed by atoms with Gasteiger partial charge < -0.3 is 0 Å². The molecule has 1 aliphatic rings. The largest absolute Gasteiger partial charge is 0.288 e. The second-order valence-corrected chi connectivity index (χ2v) is 5.52. The predicted octanol–water partition coefficient (Wildman–Crippen LogP) is 4.61. The number of carbonyl (C=O) groups is 1. The summed E-state index contributed by atoms with van der Waals surface area (Å²) in [5.74, 6) is -0.331. The normalized spacial score (nSPS) is 12.3. The van der Waals surface area contributed by atoms with E-state index in [-0.39, 0.29) is 17.0 Å². The van der Waals surface area contributed by atoms with Gasteiger partial charge in [-0.3, -0.25) is 14.9 Å². The molecule has 22 heavy (non-hydrogen) atoms. The van der Waals surface area contributed by atoms with E-state index in [2.05, 4.69) is 0 Å². The maximum Gasteiger partial charge on any atom is 0.281 e. The summed E-state index contributed by atoms with van der Waals surface area (Å²) in [6, 6.07) is 13.6. The van der Waals surface area contributed by atoms with Gasteiger partial charge in [-0.15, -0.1) is 0 Å². The van der Waals surface area contributed by atoms with Crippen molar-refractivity contribution in [3.63, 3.8) is 0 Å². The van der Waals surface area contributed by atoms with Crippen molar-refractivity contribution in [2.45, 2.75) is 0 Å². The first-order valence-corrected chi connectivity index (χ1v) is 7.01. The molecular weight excluding hydrogens is 302 g/mol. The van der Waals surface area contributed by atoms with Crippen LogP contribution in [0.25, 0.3) is 21.9 Å². The number of ketones is 1. The molecule has 106 valence electrons. The van der Waals surface area contributed by atoms with E-state index in [4.69, 9.17) is 11.6 Å². The van der Waals surface area contributed by atoms with Gasteiger partial charge in [0, 0.05) is 27.6 Å². The molecule has 0 fully saturated rings. The van der Waals surface area contributed by atoms with Gasteiger partial charge in [0.1, 0.15) is 5.56 Å². The number of nitro groups is 1. The minimum atomic E-state index is -0.523. The number of benzene rings is 3. The van der Waals surface area contributed by atoms with Gasteiger partial charge >= 0.3 is 0 Å². The maximum absolute atomic E-state index is 12.8. The third kappa shape index (κ3) is 1.55. The van der Waals surface area contributed by atoms with Crippen molar-refractivity contribution in [1.29, 1.82) is 0 Å². The second kappa shape index (κ2) is 4.39. The minimum absolute atomic E-state index is 0.124. The number of rotatable bonds is 1. The van der Waals surface area contributed by atoms with Gasteiger partial charge in [0.2, 0.25) is 5.78 Å². The molecule has 0 spiro atoms. The van der Waals surface area contributed by atoms with Gasteiger partial charge in [-0.05, 0) is 23.1 Å². The summed E-state index contributed by atoms with van der Waals surface area (Å²) in [5, 5.41) is 13.1. The van der Waals surface area contributed by atoms with Crippen molar-refractivity contribution >= 4 is 33.8 Å². The van der Waals surface area contributed by atoms with Gasteiger partial charge in [-0.1, -0.05) is 41.9 Å². The van der Waals surface area contributed by atoms with Crippen LogP contribution in [0.3, 0.4) is 0 Å². The molecule has 0 N–H and O–H groups in total. The smallest absolute Gasteiger partial charge is 0.281 e. The number of fused-ring (bicyclic) bond motifs is 2. The van der Waals surface area contributed by atoms with Crippen molar-refractivity contribution in [3.05, 3.63) is 74.8 Å². The lowest BCUT2D eigenvalue weighted by molar-refractivity contribution is -0.385. The van der Waals surface area contributed by atoms with Crippen molar-refractivity contribution in [1.82, 2.24) is 0 Å². The first kappa shape index (κ1) is 13.0. The molecular formula is C17H8ClNO3. The minimum Gasteiger partial charge on any atom is -0.288 e. The zero-order valence-electron chi connectivity index (χ0n) is 11.2. The van der Waals surface area contributed by atoms with Gasteiger partial charge in [0.15, 0.2) is 0 Å². The van der Waals surface area contributed by atoms with E-state index in [0.717, 1.165) is 10.9 Å². The highest BCUT2D eigenvalue weighted by molar-refractivity contribution is 6.38. The summed E-state index contributed by atoms with van der Waals surface area (Å²) in [7, 11) is 0. The maximum atomic E-state index is 12.8. The van der Waals surface area contributed by atoms with E-state index in [0.29, 0.717) is 21.5 Å². The Morgan fingerprint density at radius 3 is 2.32 bits per heavy atom. The monoisotopic (exact) mass is 309 g/mol. The molecule has 0 unspecified atom stereocenters. The molecule has 5 heteroatoms. The molecule has 0 aromatic heterocycles. The first-order chi connectivity index (χ1) is 10.6. The topological polar surface area (TPSA) is 60.2 Å². The molecule has 3 aromatic rings. The lowest BCUT2D eigenvalue weighted by Crippen LogP contribution is -2.12. The third-order valence-electron chi connectivity index (χ3n) is 3.98. The SMILES string of the molecule is O=C1c2ccccc2-c2c(Cl)ccc3ccc([N+](=O)[O-])c1c23. The van der Waals surface area contributed by atoms with Crippen molar-refractivity contribution in [2.24, 2.45) is 0 Å². The average Bonchev–Trinajstić information content (AvgIpc) is 2.52. The average molecular weight is 310 g/mol. The van der Waals surface area contributed by atoms with Crippen LogP contribution >= 0.6 is 11.6 Å². The number of carbonyl (C=O) groups excluding carboxylic acids is 1. The summed E-state index contributed by atoms with van der Waals surface area (Å²) in [6.07, 6.45) is 0. The van der Waals surface area contributed by atoms with Crippen LogP contribution in [0.1, 0.15) is 15.9 Å². The van der Waals surface area contributed by atoms with E-state index in [9.17, 15) is 14.9 Å². The van der Waals surface area contributed by atoms with Crippen molar-refractivity contribution in [2.75, 3.05) is 0 Å². The molecule has 4 nitrogen and oxygen atoms in total. The molecule has 0 aliphatic heterocycles. The summed E-state index contributed by atoms with van der Waals surface area (Å²) >= 11 is 6.34. The first-order valence-electron chi connectivity index (χ1n) is 6.63. The van der Waals surface area contributed by atoms with Gasteiger partial charge in [0.25, 0.3) is 5.69 Å². The highest BCUT2D eigenvalue weighted by Gasteiger charge is 2.32. The quantitative estimate of drug-likeness (QED) is 0.381. The Kier molecular flexibility index (Phi) is 2.59. The van der Waals surface area contributed by atoms with Gasteiger partial charge in [-0.2, -0.15) is 0 Å². The Balaban J connectivity index is 2.30. The Labute approximate surface area is 130 Å². The van der Waals surface area contributed by atoms with Crippen molar-refractivity contribution < 1.29 is 9.72 Å². The highest BCUT2D eigenvalue weighted by Crippen LogP contribution is 2.45. The van der Waals surface area contributed by atoms with Gasteiger partial charge in [-0.25, -0.2) is 0 Å². The van der Waals surface area contributed by atoms with Crippen LogP contribution in [0.4, 0.5) is 5.69 Å². The zero-order valence-corrected chi connectivity index (χ0v) is 11.9. The Morgan fingerprint density at radius 2 is 1.59 bits per heavy atom. The number of hydrogen-bond acceptors (Lipinski definition) is 3. The van der Waals surface area contributed by atoms with Crippen LogP contribution in [-0.4, -0.2) is 10.7 Å². The van der Waals surface area contributed by atoms with E-state index < -0.39 is 4.92 Å². The lowest BCUT2D eigenvalue weighted by atomic mass is 9.82. The molecule has 0 bridgehead atoms. The summed E-state index contributed by atoms with van der Waals surface area (Å²) in [4.78, 5) is 23.6. The van der Waals surface area contributed by atoms with E-state index in [1.54, 1.807) is 30.3 Å². The fourth-order valence-electron chi connectivity index (χ4n) is 3.06. The van der Waals surface area contributed by atoms with E-state index >= 15 is 0 Å². The summed E-state index contributed by atoms with van der Waals surface area (Å²) in [6.45, 7) is 0. The van der Waals surface area contributed by atoms with Crippen LogP contribution in [-0.2, 0) is 0 Å². The highest BCUT2D eigenvalue weighted by atomic mass is 35.5. The molecule has 0 saturated carbocycles. The van der Waals surface area contributed by atoms with E-state index in [1.807, 2.05) is 12.1 Å². The standard InChI is InChI=1S/C17H8ClNO3/c18-12-7-5-9-6-8-13(19(21)22)16-14(9)15(12)10-3-1-2-4-11(10)17(16)20/h1-8H. The number of halogens is 1. The zero-order chi connectivity index (χ0) is 15.4. The van der Waals surface area contributed by atoms with E-state index in [1.165, 1.54) is 6.07 Å². The van der Waals surface area contributed by atoms with Gasteiger partial charge in [0.05, 0.1) is 4.92 Å². The Morgan fingerprint density at radius 1 is 0.909 bits per heavy atom. The number of nitro benzene ring substituents is 1. The van der Waals surface area contributed by atoms with Crippen LogP contribution in [0.5, 0.6) is 0 Å². The molecule has 0 radical (unpaired) electrons. The molecule has 0 heterocycles. The summed E-state index contributed by atoms with van der Waals surface area (Å²) in [5.41, 5.74) is 1.79. The Bertz CT molecular complexity index is 995.